The van der Waals surface area contributed by atoms with Gasteiger partial charge in [-0.15, -0.1) is 0 Å². The highest BCUT2D eigenvalue weighted by molar-refractivity contribution is 7.92. The zero-order valence-corrected chi connectivity index (χ0v) is 19.2. The fourth-order valence-corrected chi connectivity index (χ4v) is 5.10. The molecule has 2 heterocycles. The summed E-state index contributed by atoms with van der Waals surface area (Å²) < 4.78 is 58.2. The number of furan rings is 1. The number of hydrogen-bond acceptors (Lipinski definition) is 8. The zero-order chi connectivity index (χ0) is 22.8. The summed E-state index contributed by atoms with van der Waals surface area (Å²) in [5, 5.41) is 2.70. The number of thiazole rings is 1. The fourth-order valence-electron chi connectivity index (χ4n) is 2.62. The summed E-state index contributed by atoms with van der Waals surface area (Å²) in [5.41, 5.74) is 1.48. The lowest BCUT2D eigenvalue weighted by Gasteiger charge is -2.08. The van der Waals surface area contributed by atoms with Crippen molar-refractivity contribution in [2.24, 2.45) is 0 Å². The number of sulfonamides is 2. The van der Waals surface area contributed by atoms with Gasteiger partial charge in [0.25, 0.3) is 10.0 Å². The largest absolute Gasteiger partial charge is 0.442 e. The van der Waals surface area contributed by atoms with Crippen molar-refractivity contribution >= 4 is 48.1 Å². The van der Waals surface area contributed by atoms with Crippen LogP contribution in [0.3, 0.4) is 0 Å². The summed E-state index contributed by atoms with van der Waals surface area (Å²) in [7, 11) is -7.40. The predicted molar refractivity (Wildman–Crippen MR) is 118 cm³/mol. The van der Waals surface area contributed by atoms with Gasteiger partial charge in [0.2, 0.25) is 21.0 Å². The molecule has 0 saturated heterocycles. The molecule has 0 unspecified atom stereocenters. The van der Waals surface area contributed by atoms with Gasteiger partial charge in [-0.3, -0.25) is 9.52 Å². The third kappa shape index (κ3) is 6.13. The van der Waals surface area contributed by atoms with E-state index in [0.717, 1.165) is 6.26 Å². The number of carbonyl (C=O) groups is 1. The van der Waals surface area contributed by atoms with Crippen LogP contribution in [0.1, 0.15) is 18.2 Å². The minimum Gasteiger partial charge on any atom is -0.442 e. The van der Waals surface area contributed by atoms with Gasteiger partial charge in [0, 0.05) is 19.2 Å². The van der Waals surface area contributed by atoms with Crippen LogP contribution in [0, 0.1) is 6.92 Å². The summed E-state index contributed by atoms with van der Waals surface area (Å²) in [6.07, 6.45) is 1.03. The Kier molecular flexibility index (Phi) is 6.50. The molecule has 0 spiro atoms. The van der Waals surface area contributed by atoms with Gasteiger partial charge in [0.1, 0.15) is 5.76 Å². The molecular weight excluding hydrogens is 464 g/mol. The average Bonchev–Trinajstić information content (AvgIpc) is 3.25. The maximum Gasteiger partial charge on any atom is 0.274 e. The SMILES string of the molecule is CC(=O)Nc1nc(C)c(-c2ccc(S(=O)(=O)NCc3cccc(NS(C)(=O)=O)c3)o2)s1. The third-order valence-corrected chi connectivity index (χ3v) is 6.81. The van der Waals surface area contributed by atoms with Crippen LogP contribution in [-0.2, 0) is 31.4 Å². The molecule has 0 atom stereocenters. The number of aryl methyl sites for hydroxylation is 1. The molecule has 31 heavy (non-hydrogen) atoms. The zero-order valence-electron chi connectivity index (χ0n) is 16.8. The van der Waals surface area contributed by atoms with Gasteiger partial charge in [-0.1, -0.05) is 23.5 Å². The van der Waals surface area contributed by atoms with Crippen LogP contribution in [0.5, 0.6) is 0 Å². The highest BCUT2D eigenvalue weighted by atomic mass is 32.2. The number of amides is 1. The van der Waals surface area contributed by atoms with Gasteiger partial charge < -0.3 is 9.73 Å². The summed E-state index contributed by atoms with van der Waals surface area (Å²) in [6.45, 7) is 3.03. The predicted octanol–water partition coefficient (Wildman–Crippen LogP) is 2.52. The van der Waals surface area contributed by atoms with E-state index in [9.17, 15) is 21.6 Å². The Morgan fingerprint density at radius 3 is 2.58 bits per heavy atom. The molecule has 0 radical (unpaired) electrons. The molecule has 0 aliphatic carbocycles. The first kappa shape index (κ1) is 22.9. The van der Waals surface area contributed by atoms with E-state index < -0.39 is 20.0 Å². The first-order chi connectivity index (χ1) is 14.4. The Bertz CT molecular complexity index is 1330. The van der Waals surface area contributed by atoms with Gasteiger partial charge in [-0.2, -0.15) is 0 Å². The number of nitrogens with zero attached hydrogens (tertiary/aromatic N) is 1. The number of hydrogen-bond donors (Lipinski definition) is 3. The van der Waals surface area contributed by atoms with Crippen LogP contribution in [0.25, 0.3) is 10.6 Å². The molecule has 1 aromatic carbocycles. The minimum absolute atomic E-state index is 0.0656. The van der Waals surface area contributed by atoms with Crippen LogP contribution in [0.15, 0.2) is 45.9 Å². The summed E-state index contributed by atoms with van der Waals surface area (Å²) in [4.78, 5) is 16.0. The van der Waals surface area contributed by atoms with Gasteiger partial charge in [-0.25, -0.2) is 26.5 Å². The third-order valence-electron chi connectivity index (χ3n) is 3.85. The molecule has 3 aromatic rings. The van der Waals surface area contributed by atoms with Crippen molar-refractivity contribution in [3.8, 4) is 10.6 Å². The molecule has 1 amide bonds. The number of nitrogens with one attached hydrogen (secondary N) is 3. The first-order valence-electron chi connectivity index (χ1n) is 8.84. The van der Waals surface area contributed by atoms with Gasteiger partial charge >= 0.3 is 0 Å². The minimum atomic E-state index is -3.96. The van der Waals surface area contributed by atoms with E-state index in [1.54, 1.807) is 25.1 Å². The monoisotopic (exact) mass is 484 g/mol. The first-order valence-corrected chi connectivity index (χ1v) is 13.0. The van der Waals surface area contributed by atoms with E-state index in [2.05, 4.69) is 19.7 Å². The molecule has 0 bridgehead atoms. The number of benzene rings is 1. The molecule has 0 saturated carbocycles. The standard InChI is InChI=1S/C18H20N4O6S3/c1-11-17(29-18(20-11)21-12(2)23)15-7-8-16(28-15)31(26,27)19-10-13-5-4-6-14(9-13)22-30(3,24)25/h4-9,19,22H,10H2,1-3H3,(H,20,21,23). The lowest BCUT2D eigenvalue weighted by molar-refractivity contribution is -0.114. The molecule has 2 aromatic heterocycles. The van der Waals surface area contributed by atoms with E-state index >= 15 is 0 Å². The fraction of sp³-hybridized carbons (Fsp3) is 0.222. The molecular formula is C18H20N4O6S3. The molecule has 13 heteroatoms. The van der Waals surface area contributed by atoms with Crippen LogP contribution in [0.4, 0.5) is 10.8 Å². The normalized spacial score (nSPS) is 12.0. The quantitative estimate of drug-likeness (QED) is 0.445. The molecule has 0 aliphatic heterocycles. The van der Waals surface area contributed by atoms with Crippen LogP contribution in [0.2, 0.25) is 0 Å². The second-order valence-electron chi connectivity index (χ2n) is 6.63. The van der Waals surface area contributed by atoms with Crippen molar-refractivity contribution in [2.45, 2.75) is 25.5 Å². The summed E-state index contributed by atoms with van der Waals surface area (Å²) in [6, 6.07) is 9.21. The van der Waals surface area contributed by atoms with E-state index in [4.69, 9.17) is 4.42 Å². The second kappa shape index (κ2) is 8.78. The molecule has 0 aliphatic rings. The second-order valence-corrected chi connectivity index (χ2v) is 11.1. The van der Waals surface area contributed by atoms with Crippen molar-refractivity contribution in [1.82, 2.24) is 9.71 Å². The Morgan fingerprint density at radius 1 is 1.16 bits per heavy atom. The van der Waals surface area contributed by atoms with Gasteiger partial charge in [0.05, 0.1) is 16.8 Å². The lowest BCUT2D eigenvalue weighted by Crippen LogP contribution is -2.22. The highest BCUT2D eigenvalue weighted by Crippen LogP contribution is 2.34. The number of carbonyl (C=O) groups excluding carboxylic acids is 1. The Labute approximate surface area is 183 Å². The Morgan fingerprint density at radius 2 is 1.90 bits per heavy atom. The number of anilines is 2. The van der Waals surface area contributed by atoms with Crippen molar-refractivity contribution in [1.29, 1.82) is 0 Å². The summed E-state index contributed by atoms with van der Waals surface area (Å²) >= 11 is 1.17. The average molecular weight is 485 g/mol. The van der Waals surface area contributed by atoms with E-state index in [-0.39, 0.29) is 17.5 Å². The van der Waals surface area contributed by atoms with Crippen LogP contribution >= 0.6 is 11.3 Å². The molecule has 3 N–H and O–H groups in total. The van der Waals surface area contributed by atoms with Crippen molar-refractivity contribution in [2.75, 3.05) is 16.3 Å². The lowest BCUT2D eigenvalue weighted by atomic mass is 10.2. The van der Waals surface area contributed by atoms with Crippen molar-refractivity contribution < 1.29 is 26.0 Å². The van der Waals surface area contributed by atoms with E-state index in [0.29, 0.717) is 32.7 Å². The van der Waals surface area contributed by atoms with Crippen LogP contribution in [-0.4, -0.2) is 34.0 Å². The Hall–Kier alpha value is -2.74. The molecule has 166 valence electrons. The van der Waals surface area contributed by atoms with Crippen molar-refractivity contribution in [3.05, 3.63) is 47.7 Å². The van der Waals surface area contributed by atoms with Crippen LogP contribution < -0.4 is 14.8 Å². The van der Waals surface area contributed by atoms with E-state index in [1.165, 1.54) is 36.5 Å². The topological polar surface area (TPSA) is 147 Å². The molecule has 0 fully saturated rings. The maximum absolute atomic E-state index is 12.6. The Balaban J connectivity index is 1.74. The number of rotatable bonds is 8. The summed E-state index contributed by atoms with van der Waals surface area (Å²) in [5.74, 6) is 0.0503. The molecule has 10 nitrogen and oxygen atoms in total. The van der Waals surface area contributed by atoms with E-state index in [1.807, 2.05) is 0 Å². The number of aromatic nitrogens is 1. The highest BCUT2D eigenvalue weighted by Gasteiger charge is 2.21. The van der Waals surface area contributed by atoms with Gasteiger partial charge in [-0.05, 0) is 36.8 Å². The smallest absolute Gasteiger partial charge is 0.274 e. The van der Waals surface area contributed by atoms with Gasteiger partial charge in [0.15, 0.2) is 5.13 Å². The molecule has 3 rings (SSSR count). The van der Waals surface area contributed by atoms with Crippen molar-refractivity contribution in [3.63, 3.8) is 0 Å². The maximum atomic E-state index is 12.6.